The van der Waals surface area contributed by atoms with E-state index in [4.69, 9.17) is 4.52 Å². The number of guanidine groups is 1. The largest absolute Gasteiger partial charge is 0.359 e. The molecule has 2 aromatic rings. The molecule has 0 unspecified atom stereocenters. The molecule has 0 radical (unpaired) electrons. The van der Waals surface area contributed by atoms with Crippen molar-refractivity contribution in [1.29, 1.82) is 0 Å². The van der Waals surface area contributed by atoms with Crippen LogP contribution in [0.15, 0.2) is 39.8 Å². The van der Waals surface area contributed by atoms with Gasteiger partial charge < -0.3 is 15.2 Å². The summed E-state index contributed by atoms with van der Waals surface area (Å²) in [5, 5.41) is 10.2. The van der Waals surface area contributed by atoms with Crippen LogP contribution in [0.4, 0.5) is 0 Å². The van der Waals surface area contributed by atoms with Gasteiger partial charge in [0.05, 0.1) is 23.4 Å². The number of benzene rings is 1. The molecule has 1 aromatic heterocycles. The van der Waals surface area contributed by atoms with E-state index in [2.05, 4.69) is 34.6 Å². The van der Waals surface area contributed by atoms with Crippen LogP contribution in [0.3, 0.4) is 0 Å². The molecule has 0 spiro atoms. The fourth-order valence-electron chi connectivity index (χ4n) is 2.80. The number of carbonyl (C=O) groups is 2. The molecule has 8 heteroatoms. The van der Waals surface area contributed by atoms with Gasteiger partial charge in [-0.2, -0.15) is 0 Å². The van der Waals surface area contributed by atoms with Gasteiger partial charge in [0, 0.05) is 26.2 Å². The molecule has 0 bridgehead atoms. The lowest BCUT2D eigenvalue weighted by Crippen LogP contribution is -2.42. The normalized spacial score (nSPS) is 14.1. The summed E-state index contributed by atoms with van der Waals surface area (Å²) in [7, 11) is 1.65. The summed E-state index contributed by atoms with van der Waals surface area (Å²) < 4.78 is 5.28. The van der Waals surface area contributed by atoms with Crippen LogP contribution in [0.25, 0.3) is 0 Å². The lowest BCUT2D eigenvalue weighted by atomic mass is 10.1. The van der Waals surface area contributed by atoms with Crippen LogP contribution in [0.2, 0.25) is 0 Å². The number of hydrogen-bond donors (Lipinski definition) is 2. The predicted molar refractivity (Wildman–Crippen MR) is 101 cm³/mol. The SMILES string of the molecule is CN=C(NCCN1C(=O)c2ccccc2C1=O)NCc1cc(C(C)C)no1. The summed E-state index contributed by atoms with van der Waals surface area (Å²) in [4.78, 5) is 30.0. The first-order valence-electron chi connectivity index (χ1n) is 8.86. The monoisotopic (exact) mass is 369 g/mol. The van der Waals surface area contributed by atoms with Gasteiger partial charge in [-0.3, -0.25) is 19.5 Å². The Bertz CT molecular complexity index is 837. The Hall–Kier alpha value is -3.16. The summed E-state index contributed by atoms with van der Waals surface area (Å²) in [6, 6.07) is 8.76. The van der Waals surface area contributed by atoms with Crippen molar-refractivity contribution in [2.24, 2.45) is 4.99 Å². The molecule has 27 heavy (non-hydrogen) atoms. The van der Waals surface area contributed by atoms with E-state index in [0.29, 0.717) is 41.9 Å². The maximum absolute atomic E-state index is 12.3. The molecular weight excluding hydrogens is 346 g/mol. The van der Waals surface area contributed by atoms with E-state index in [-0.39, 0.29) is 18.4 Å². The fraction of sp³-hybridized carbons (Fsp3) is 0.368. The van der Waals surface area contributed by atoms with Gasteiger partial charge in [-0.1, -0.05) is 31.1 Å². The van der Waals surface area contributed by atoms with Gasteiger partial charge in [0.1, 0.15) is 0 Å². The smallest absolute Gasteiger partial charge is 0.261 e. The minimum Gasteiger partial charge on any atom is -0.359 e. The molecule has 2 heterocycles. The Morgan fingerprint density at radius 3 is 2.41 bits per heavy atom. The molecule has 8 nitrogen and oxygen atoms in total. The fourth-order valence-corrected chi connectivity index (χ4v) is 2.80. The highest BCUT2D eigenvalue weighted by molar-refractivity contribution is 6.21. The molecule has 1 aliphatic heterocycles. The van der Waals surface area contributed by atoms with E-state index < -0.39 is 0 Å². The Morgan fingerprint density at radius 1 is 1.19 bits per heavy atom. The second kappa shape index (κ2) is 8.03. The molecule has 0 saturated heterocycles. The third kappa shape index (κ3) is 3.99. The van der Waals surface area contributed by atoms with Gasteiger partial charge in [0.25, 0.3) is 11.8 Å². The first kappa shape index (κ1) is 18.6. The summed E-state index contributed by atoms with van der Waals surface area (Å²) in [5.74, 6) is 1.04. The molecular formula is C19H23N5O3. The van der Waals surface area contributed by atoms with Crippen molar-refractivity contribution in [3.63, 3.8) is 0 Å². The van der Waals surface area contributed by atoms with E-state index in [9.17, 15) is 9.59 Å². The average molecular weight is 369 g/mol. The quantitative estimate of drug-likeness (QED) is 0.457. The Labute approximate surface area is 157 Å². The first-order valence-corrected chi connectivity index (χ1v) is 8.86. The number of imide groups is 1. The minimum absolute atomic E-state index is 0.257. The first-order chi connectivity index (χ1) is 13.0. The van der Waals surface area contributed by atoms with Crippen molar-refractivity contribution >= 4 is 17.8 Å². The van der Waals surface area contributed by atoms with Gasteiger partial charge in [-0.15, -0.1) is 0 Å². The molecule has 2 N–H and O–H groups in total. The van der Waals surface area contributed by atoms with E-state index in [1.807, 2.05) is 6.07 Å². The molecule has 3 rings (SSSR count). The van der Waals surface area contributed by atoms with Crippen molar-refractivity contribution in [2.75, 3.05) is 20.1 Å². The number of aliphatic imine (C=N–C) groups is 1. The third-order valence-corrected chi connectivity index (χ3v) is 4.33. The van der Waals surface area contributed by atoms with Gasteiger partial charge in [0.2, 0.25) is 0 Å². The number of amides is 2. The lowest BCUT2D eigenvalue weighted by Gasteiger charge is -2.16. The number of rotatable bonds is 6. The second-order valence-corrected chi connectivity index (χ2v) is 6.53. The summed E-state index contributed by atoms with van der Waals surface area (Å²) in [6.45, 7) is 5.18. The average Bonchev–Trinajstić information content (AvgIpc) is 3.24. The van der Waals surface area contributed by atoms with Crippen LogP contribution in [-0.2, 0) is 6.54 Å². The molecule has 2 amide bonds. The van der Waals surface area contributed by atoms with Crippen LogP contribution in [0.1, 0.15) is 51.9 Å². The highest BCUT2D eigenvalue weighted by atomic mass is 16.5. The molecule has 0 fully saturated rings. The number of nitrogens with one attached hydrogen (secondary N) is 2. The van der Waals surface area contributed by atoms with Gasteiger partial charge in [-0.25, -0.2) is 0 Å². The topological polar surface area (TPSA) is 99.8 Å². The van der Waals surface area contributed by atoms with Crippen LogP contribution >= 0.6 is 0 Å². The number of hydrogen-bond acceptors (Lipinski definition) is 5. The number of carbonyl (C=O) groups excluding carboxylic acids is 2. The minimum atomic E-state index is -0.261. The van der Waals surface area contributed by atoms with Crippen molar-refractivity contribution < 1.29 is 14.1 Å². The zero-order valence-electron chi connectivity index (χ0n) is 15.7. The molecule has 1 aliphatic rings. The number of nitrogens with zero attached hydrogens (tertiary/aromatic N) is 3. The zero-order valence-corrected chi connectivity index (χ0v) is 15.7. The summed E-state index contributed by atoms with van der Waals surface area (Å²) >= 11 is 0. The second-order valence-electron chi connectivity index (χ2n) is 6.53. The standard InChI is InChI=1S/C19H23N5O3/c1-12(2)16-10-13(27-23-16)11-22-19(20-3)21-8-9-24-17(25)14-6-4-5-7-15(14)18(24)26/h4-7,10,12H,8-9,11H2,1-3H3,(H2,20,21,22). The molecule has 0 atom stereocenters. The van der Waals surface area contributed by atoms with Crippen molar-refractivity contribution in [3.8, 4) is 0 Å². The zero-order chi connectivity index (χ0) is 19.4. The summed E-state index contributed by atoms with van der Waals surface area (Å²) in [6.07, 6.45) is 0. The highest BCUT2D eigenvalue weighted by Crippen LogP contribution is 2.21. The van der Waals surface area contributed by atoms with E-state index in [0.717, 1.165) is 5.69 Å². The maximum Gasteiger partial charge on any atom is 0.261 e. The third-order valence-electron chi connectivity index (χ3n) is 4.33. The van der Waals surface area contributed by atoms with Crippen molar-refractivity contribution in [3.05, 3.63) is 52.9 Å². The van der Waals surface area contributed by atoms with E-state index in [1.165, 1.54) is 4.90 Å². The lowest BCUT2D eigenvalue weighted by molar-refractivity contribution is 0.0657. The maximum atomic E-state index is 12.3. The summed E-state index contributed by atoms with van der Waals surface area (Å²) in [5.41, 5.74) is 1.81. The number of aromatic nitrogens is 1. The van der Waals surface area contributed by atoms with Gasteiger partial charge in [0.15, 0.2) is 11.7 Å². The van der Waals surface area contributed by atoms with Crippen molar-refractivity contribution in [1.82, 2.24) is 20.7 Å². The van der Waals surface area contributed by atoms with E-state index >= 15 is 0 Å². The van der Waals surface area contributed by atoms with Crippen LogP contribution in [0.5, 0.6) is 0 Å². The predicted octanol–water partition coefficient (Wildman–Crippen LogP) is 1.76. The Morgan fingerprint density at radius 2 is 1.85 bits per heavy atom. The molecule has 0 aliphatic carbocycles. The van der Waals surface area contributed by atoms with Gasteiger partial charge >= 0.3 is 0 Å². The van der Waals surface area contributed by atoms with E-state index in [1.54, 1.807) is 31.3 Å². The Balaban J connectivity index is 1.49. The molecule has 1 aromatic carbocycles. The molecule has 142 valence electrons. The van der Waals surface area contributed by atoms with Gasteiger partial charge in [-0.05, 0) is 18.1 Å². The van der Waals surface area contributed by atoms with Crippen LogP contribution < -0.4 is 10.6 Å². The van der Waals surface area contributed by atoms with Crippen LogP contribution in [0, 0.1) is 0 Å². The van der Waals surface area contributed by atoms with Crippen molar-refractivity contribution in [2.45, 2.75) is 26.3 Å². The highest BCUT2D eigenvalue weighted by Gasteiger charge is 2.34. The van der Waals surface area contributed by atoms with Crippen LogP contribution in [-0.4, -0.2) is 48.0 Å². The number of fused-ring (bicyclic) bond motifs is 1. The Kier molecular flexibility index (Phi) is 5.54. The molecule has 0 saturated carbocycles.